The Morgan fingerprint density at radius 1 is 0.533 bits per heavy atom. The van der Waals surface area contributed by atoms with E-state index in [1.807, 2.05) is 0 Å². The average Bonchev–Trinajstić information content (AvgIpc) is 2.79. The molecule has 0 heterocycles. The van der Waals surface area contributed by atoms with E-state index in [0.717, 1.165) is 25.7 Å². The summed E-state index contributed by atoms with van der Waals surface area (Å²) in [5.74, 6) is 0. The molecule has 2 atom stereocenters. The molecule has 0 aliphatic rings. The highest BCUT2D eigenvalue weighted by atomic mass is 17.2. The highest BCUT2D eigenvalue weighted by Gasteiger charge is 2.35. The lowest BCUT2D eigenvalue weighted by molar-refractivity contribution is -0.420. The summed E-state index contributed by atoms with van der Waals surface area (Å²) in [6.07, 6.45) is 11.7. The first-order valence-corrected chi connectivity index (χ1v) is 12.0. The van der Waals surface area contributed by atoms with Gasteiger partial charge in [-0.25, -0.2) is 9.78 Å². The van der Waals surface area contributed by atoms with Crippen LogP contribution in [0.5, 0.6) is 0 Å². The van der Waals surface area contributed by atoms with Crippen molar-refractivity contribution in [1.82, 2.24) is 0 Å². The first-order chi connectivity index (χ1) is 14.5. The standard InChI is InChI=1S/C28H42O2/c1-5-7-9-17-23-27(3,25-19-13-11-14-20-25)29-30-28(4,24-18-10-8-6-2)26-21-15-12-16-22-26/h11-16,19-22H,5-10,17-18,23-24H2,1-4H3. The smallest absolute Gasteiger partial charge is 0.126 e. The van der Waals surface area contributed by atoms with E-state index in [-0.39, 0.29) is 0 Å². The van der Waals surface area contributed by atoms with Crippen LogP contribution in [0.2, 0.25) is 0 Å². The SMILES string of the molecule is CCCCCCC(C)(OOC(C)(CCCCCC)c1ccccc1)c1ccccc1. The van der Waals surface area contributed by atoms with Crippen molar-refractivity contribution >= 4 is 0 Å². The molecule has 2 heteroatoms. The van der Waals surface area contributed by atoms with Crippen LogP contribution in [0.3, 0.4) is 0 Å². The van der Waals surface area contributed by atoms with E-state index in [4.69, 9.17) is 9.78 Å². The van der Waals surface area contributed by atoms with Crippen molar-refractivity contribution in [2.24, 2.45) is 0 Å². The molecule has 0 aromatic heterocycles. The van der Waals surface area contributed by atoms with Crippen LogP contribution in [0.15, 0.2) is 60.7 Å². The number of benzene rings is 2. The summed E-state index contributed by atoms with van der Waals surface area (Å²) < 4.78 is 0. The van der Waals surface area contributed by atoms with E-state index in [1.165, 1.54) is 49.7 Å². The quantitative estimate of drug-likeness (QED) is 0.166. The molecule has 0 saturated carbocycles. The minimum absolute atomic E-state index is 0.450. The van der Waals surface area contributed by atoms with Crippen molar-refractivity contribution < 1.29 is 9.78 Å². The summed E-state index contributed by atoms with van der Waals surface area (Å²) in [6, 6.07) is 21.1. The van der Waals surface area contributed by atoms with Crippen molar-refractivity contribution in [3.8, 4) is 0 Å². The van der Waals surface area contributed by atoms with Gasteiger partial charge >= 0.3 is 0 Å². The van der Waals surface area contributed by atoms with Crippen molar-refractivity contribution in [2.75, 3.05) is 0 Å². The van der Waals surface area contributed by atoms with Gasteiger partial charge in [0.05, 0.1) is 0 Å². The summed E-state index contributed by atoms with van der Waals surface area (Å²) in [6.45, 7) is 8.85. The first kappa shape index (κ1) is 24.6. The molecule has 2 rings (SSSR count). The molecule has 0 aliphatic heterocycles. The van der Waals surface area contributed by atoms with Gasteiger partial charge in [-0.3, -0.25) is 0 Å². The zero-order valence-electron chi connectivity index (χ0n) is 19.7. The molecule has 30 heavy (non-hydrogen) atoms. The fourth-order valence-corrected chi connectivity index (χ4v) is 4.01. The molecule has 0 saturated heterocycles. The van der Waals surface area contributed by atoms with Gasteiger partial charge in [0.15, 0.2) is 0 Å². The Kier molecular flexibility index (Phi) is 10.6. The van der Waals surface area contributed by atoms with Crippen LogP contribution in [-0.2, 0) is 21.0 Å². The molecular formula is C28H42O2. The molecule has 0 bridgehead atoms. The Morgan fingerprint density at radius 2 is 0.900 bits per heavy atom. The van der Waals surface area contributed by atoms with E-state index >= 15 is 0 Å². The number of unbranched alkanes of at least 4 members (excludes halogenated alkanes) is 6. The van der Waals surface area contributed by atoms with Gasteiger partial charge in [0.2, 0.25) is 0 Å². The lowest BCUT2D eigenvalue weighted by Gasteiger charge is -2.36. The molecule has 2 aromatic rings. The maximum absolute atomic E-state index is 6.37. The van der Waals surface area contributed by atoms with E-state index in [2.05, 4.69) is 88.4 Å². The molecule has 0 aliphatic carbocycles. The topological polar surface area (TPSA) is 18.5 Å². The van der Waals surface area contributed by atoms with Gasteiger partial charge in [0.1, 0.15) is 11.2 Å². The third-order valence-electron chi connectivity index (χ3n) is 6.19. The predicted molar refractivity (Wildman–Crippen MR) is 127 cm³/mol. The number of rotatable bonds is 15. The van der Waals surface area contributed by atoms with E-state index < -0.39 is 11.2 Å². The largest absolute Gasteiger partial charge is 0.225 e. The molecular weight excluding hydrogens is 368 g/mol. The third kappa shape index (κ3) is 7.56. The zero-order valence-corrected chi connectivity index (χ0v) is 19.7. The van der Waals surface area contributed by atoms with Gasteiger partial charge in [-0.2, -0.15) is 0 Å². The summed E-state index contributed by atoms with van der Waals surface area (Å²) in [4.78, 5) is 12.7. The second-order valence-electron chi connectivity index (χ2n) is 8.98. The first-order valence-electron chi connectivity index (χ1n) is 12.0. The van der Waals surface area contributed by atoms with Crippen LogP contribution in [0, 0.1) is 0 Å². The lowest BCUT2D eigenvalue weighted by atomic mass is 9.89. The minimum atomic E-state index is -0.450. The Labute approximate surface area is 184 Å². The molecule has 2 aromatic carbocycles. The van der Waals surface area contributed by atoms with Crippen LogP contribution >= 0.6 is 0 Å². The maximum Gasteiger partial charge on any atom is 0.126 e. The second-order valence-corrected chi connectivity index (χ2v) is 8.98. The maximum atomic E-state index is 6.37. The van der Waals surface area contributed by atoms with Crippen molar-refractivity contribution in [2.45, 2.75) is 103 Å². The summed E-state index contributed by atoms with van der Waals surface area (Å²) in [7, 11) is 0. The number of hydrogen-bond donors (Lipinski definition) is 0. The normalized spacial score (nSPS) is 15.5. The fourth-order valence-electron chi connectivity index (χ4n) is 4.01. The average molecular weight is 411 g/mol. The number of hydrogen-bond acceptors (Lipinski definition) is 2. The Balaban J connectivity index is 2.16. The van der Waals surface area contributed by atoms with E-state index in [1.54, 1.807) is 0 Å². The van der Waals surface area contributed by atoms with E-state index in [9.17, 15) is 0 Å². The third-order valence-corrected chi connectivity index (χ3v) is 6.19. The molecule has 0 radical (unpaired) electrons. The van der Waals surface area contributed by atoms with Crippen LogP contribution in [-0.4, -0.2) is 0 Å². The van der Waals surface area contributed by atoms with Gasteiger partial charge in [-0.05, 0) is 37.8 Å². The lowest BCUT2D eigenvalue weighted by Crippen LogP contribution is -2.33. The predicted octanol–water partition coefficient (Wildman–Crippen LogP) is 8.71. The van der Waals surface area contributed by atoms with Gasteiger partial charge in [0, 0.05) is 0 Å². The minimum Gasteiger partial charge on any atom is -0.225 e. The van der Waals surface area contributed by atoms with E-state index in [0.29, 0.717) is 0 Å². The van der Waals surface area contributed by atoms with Gasteiger partial charge < -0.3 is 0 Å². The van der Waals surface area contributed by atoms with Crippen LogP contribution < -0.4 is 0 Å². The Bertz CT molecular complexity index is 623. The Morgan fingerprint density at radius 3 is 1.23 bits per heavy atom. The van der Waals surface area contributed by atoms with Crippen molar-refractivity contribution in [3.05, 3.63) is 71.8 Å². The zero-order chi connectivity index (χ0) is 21.7. The van der Waals surface area contributed by atoms with Crippen molar-refractivity contribution in [1.29, 1.82) is 0 Å². The van der Waals surface area contributed by atoms with Crippen LogP contribution in [0.4, 0.5) is 0 Å². The highest BCUT2D eigenvalue weighted by Crippen LogP contribution is 2.38. The molecule has 0 fully saturated rings. The fraction of sp³-hybridized carbons (Fsp3) is 0.571. The van der Waals surface area contributed by atoms with Gasteiger partial charge in [0.25, 0.3) is 0 Å². The van der Waals surface area contributed by atoms with Crippen LogP contribution in [0.25, 0.3) is 0 Å². The van der Waals surface area contributed by atoms with Gasteiger partial charge in [-0.15, -0.1) is 0 Å². The molecule has 0 amide bonds. The summed E-state index contributed by atoms with van der Waals surface area (Å²) >= 11 is 0. The molecule has 166 valence electrons. The highest BCUT2D eigenvalue weighted by molar-refractivity contribution is 5.23. The van der Waals surface area contributed by atoms with Crippen LogP contribution in [0.1, 0.15) is 103 Å². The monoisotopic (exact) mass is 410 g/mol. The molecule has 2 unspecified atom stereocenters. The summed E-state index contributed by atoms with van der Waals surface area (Å²) in [5.41, 5.74) is 1.47. The second kappa shape index (κ2) is 12.9. The molecule has 0 spiro atoms. The molecule has 0 N–H and O–H groups in total. The van der Waals surface area contributed by atoms with Crippen molar-refractivity contribution in [3.63, 3.8) is 0 Å². The Hall–Kier alpha value is -1.64. The van der Waals surface area contributed by atoms with Gasteiger partial charge in [-0.1, -0.05) is 126 Å². The molecule has 2 nitrogen and oxygen atoms in total. The summed E-state index contributed by atoms with van der Waals surface area (Å²) in [5, 5.41) is 0.